The van der Waals surface area contributed by atoms with Gasteiger partial charge < -0.3 is 19.9 Å². The number of esters is 1. The summed E-state index contributed by atoms with van der Waals surface area (Å²) in [5.41, 5.74) is 5.58. The Balaban J connectivity index is 2.48. The first kappa shape index (κ1) is 13.4. The quantitative estimate of drug-likeness (QED) is 0.714. The van der Waals surface area contributed by atoms with Crippen LogP contribution in [0.15, 0.2) is 0 Å². The van der Waals surface area contributed by atoms with Crippen molar-refractivity contribution in [2.45, 2.75) is 44.9 Å². The Morgan fingerprint density at radius 1 is 1.50 bits per heavy atom. The highest BCUT2D eigenvalue weighted by Gasteiger charge is 2.24. The summed E-state index contributed by atoms with van der Waals surface area (Å²) in [6.45, 7) is 5.25. The van der Waals surface area contributed by atoms with E-state index in [-0.39, 0.29) is 18.8 Å². The minimum Gasteiger partial charge on any atom is -0.461 e. The molecule has 0 aromatic rings. The molecule has 1 aliphatic heterocycles. The highest BCUT2D eigenvalue weighted by molar-refractivity contribution is 5.75. The molecular formula is C11H21NO4. The van der Waals surface area contributed by atoms with Crippen LogP contribution in [-0.4, -0.2) is 44.0 Å². The second-order valence-electron chi connectivity index (χ2n) is 4.12. The van der Waals surface area contributed by atoms with Gasteiger partial charge in [0.25, 0.3) is 0 Å². The highest BCUT2D eigenvalue weighted by Crippen LogP contribution is 2.11. The number of nitrogens with two attached hydrogens (primary N) is 1. The van der Waals surface area contributed by atoms with E-state index < -0.39 is 12.0 Å². The first-order valence-electron chi connectivity index (χ1n) is 5.79. The summed E-state index contributed by atoms with van der Waals surface area (Å²) in [4.78, 5) is 11.4. The smallest absolute Gasteiger partial charge is 0.325 e. The van der Waals surface area contributed by atoms with Crippen molar-refractivity contribution < 1.29 is 19.0 Å². The molecule has 0 aliphatic carbocycles. The molecule has 1 fully saturated rings. The van der Waals surface area contributed by atoms with Crippen LogP contribution in [-0.2, 0) is 19.0 Å². The van der Waals surface area contributed by atoms with Gasteiger partial charge in [0.2, 0.25) is 0 Å². The van der Waals surface area contributed by atoms with Gasteiger partial charge in [-0.2, -0.15) is 0 Å². The monoisotopic (exact) mass is 231 g/mol. The molecular weight excluding hydrogens is 210 g/mol. The van der Waals surface area contributed by atoms with E-state index in [1.165, 1.54) is 0 Å². The molecule has 5 nitrogen and oxygen atoms in total. The Kier molecular flexibility index (Phi) is 5.73. The van der Waals surface area contributed by atoms with Gasteiger partial charge in [0, 0.05) is 13.0 Å². The van der Waals surface area contributed by atoms with E-state index in [0.29, 0.717) is 19.6 Å². The average Bonchev–Trinajstić information content (AvgIpc) is 2.29. The number of carbonyl (C=O) groups is 1. The second-order valence-corrected chi connectivity index (χ2v) is 4.12. The molecule has 94 valence electrons. The summed E-state index contributed by atoms with van der Waals surface area (Å²) in [6.07, 6.45) is 1.41. The Bertz CT molecular complexity index is 222. The van der Waals surface area contributed by atoms with Crippen molar-refractivity contribution in [1.29, 1.82) is 0 Å². The SMILES string of the molecule is CCCO[C@H]1COC[C@H](N)C(=O)O[C@@H](C)C1. The van der Waals surface area contributed by atoms with E-state index in [1.807, 2.05) is 6.92 Å². The Morgan fingerprint density at radius 3 is 2.94 bits per heavy atom. The van der Waals surface area contributed by atoms with Gasteiger partial charge in [0.1, 0.15) is 12.1 Å². The number of hydrogen-bond donors (Lipinski definition) is 1. The molecule has 0 spiro atoms. The van der Waals surface area contributed by atoms with Crippen LogP contribution in [0.1, 0.15) is 26.7 Å². The molecule has 5 heteroatoms. The number of ether oxygens (including phenoxy) is 3. The zero-order chi connectivity index (χ0) is 12.0. The van der Waals surface area contributed by atoms with Crippen molar-refractivity contribution in [3.8, 4) is 0 Å². The van der Waals surface area contributed by atoms with Crippen molar-refractivity contribution >= 4 is 5.97 Å². The lowest BCUT2D eigenvalue weighted by Crippen LogP contribution is -2.37. The van der Waals surface area contributed by atoms with Gasteiger partial charge in [-0.25, -0.2) is 0 Å². The summed E-state index contributed by atoms with van der Waals surface area (Å²) >= 11 is 0. The largest absolute Gasteiger partial charge is 0.461 e. The number of hydrogen-bond acceptors (Lipinski definition) is 5. The van der Waals surface area contributed by atoms with Crippen LogP contribution in [0.4, 0.5) is 0 Å². The molecule has 0 aromatic carbocycles. The van der Waals surface area contributed by atoms with Crippen molar-refractivity contribution in [2.75, 3.05) is 19.8 Å². The lowest BCUT2D eigenvalue weighted by atomic mass is 10.2. The fourth-order valence-electron chi connectivity index (χ4n) is 1.57. The maximum atomic E-state index is 11.4. The third-order valence-corrected chi connectivity index (χ3v) is 2.37. The first-order chi connectivity index (χ1) is 7.63. The second kappa shape index (κ2) is 6.83. The van der Waals surface area contributed by atoms with E-state index >= 15 is 0 Å². The maximum Gasteiger partial charge on any atom is 0.325 e. The summed E-state index contributed by atoms with van der Waals surface area (Å²) in [5.74, 6) is -0.399. The minimum absolute atomic E-state index is 0.0203. The number of rotatable bonds is 3. The van der Waals surface area contributed by atoms with Gasteiger partial charge in [0.15, 0.2) is 0 Å². The van der Waals surface area contributed by atoms with E-state index in [4.69, 9.17) is 19.9 Å². The lowest BCUT2D eigenvalue weighted by Gasteiger charge is -2.19. The van der Waals surface area contributed by atoms with Crippen LogP contribution in [0.2, 0.25) is 0 Å². The Morgan fingerprint density at radius 2 is 2.25 bits per heavy atom. The third kappa shape index (κ3) is 4.47. The minimum atomic E-state index is -0.688. The van der Waals surface area contributed by atoms with Gasteiger partial charge >= 0.3 is 5.97 Å². The van der Waals surface area contributed by atoms with E-state index in [2.05, 4.69) is 6.92 Å². The lowest BCUT2D eigenvalue weighted by molar-refractivity contribution is -0.151. The summed E-state index contributed by atoms with van der Waals surface area (Å²) in [5, 5.41) is 0. The van der Waals surface area contributed by atoms with Crippen LogP contribution < -0.4 is 5.73 Å². The van der Waals surface area contributed by atoms with Crippen LogP contribution in [0.25, 0.3) is 0 Å². The van der Waals surface area contributed by atoms with Crippen LogP contribution in [0, 0.1) is 0 Å². The van der Waals surface area contributed by atoms with E-state index in [0.717, 1.165) is 6.42 Å². The van der Waals surface area contributed by atoms with Gasteiger partial charge in [-0.1, -0.05) is 6.92 Å². The van der Waals surface area contributed by atoms with E-state index in [9.17, 15) is 4.79 Å². The zero-order valence-electron chi connectivity index (χ0n) is 9.98. The normalized spacial score (nSPS) is 32.4. The van der Waals surface area contributed by atoms with Crippen LogP contribution in [0.5, 0.6) is 0 Å². The molecule has 1 heterocycles. The number of carbonyl (C=O) groups excluding carboxylic acids is 1. The molecule has 0 unspecified atom stereocenters. The van der Waals surface area contributed by atoms with Crippen molar-refractivity contribution in [2.24, 2.45) is 5.73 Å². The number of cyclic esters (lactones) is 1. The van der Waals surface area contributed by atoms with Crippen LogP contribution in [0.3, 0.4) is 0 Å². The molecule has 0 aromatic heterocycles. The van der Waals surface area contributed by atoms with Gasteiger partial charge in [-0.15, -0.1) is 0 Å². The maximum absolute atomic E-state index is 11.4. The van der Waals surface area contributed by atoms with Gasteiger partial charge in [0.05, 0.1) is 19.3 Å². The fraction of sp³-hybridized carbons (Fsp3) is 0.909. The molecule has 0 bridgehead atoms. The molecule has 3 atom stereocenters. The van der Waals surface area contributed by atoms with E-state index in [1.54, 1.807) is 0 Å². The molecule has 2 N–H and O–H groups in total. The fourth-order valence-corrected chi connectivity index (χ4v) is 1.57. The highest BCUT2D eigenvalue weighted by atomic mass is 16.6. The van der Waals surface area contributed by atoms with Crippen LogP contribution >= 0.6 is 0 Å². The first-order valence-corrected chi connectivity index (χ1v) is 5.79. The molecule has 1 aliphatic rings. The molecule has 0 radical (unpaired) electrons. The van der Waals surface area contributed by atoms with Gasteiger partial charge in [-0.05, 0) is 13.3 Å². The molecule has 0 amide bonds. The molecule has 0 saturated carbocycles. The summed E-state index contributed by atoms with van der Waals surface area (Å²) < 4.78 is 16.1. The van der Waals surface area contributed by atoms with Crippen molar-refractivity contribution in [1.82, 2.24) is 0 Å². The topological polar surface area (TPSA) is 70.8 Å². The van der Waals surface area contributed by atoms with Crippen molar-refractivity contribution in [3.05, 3.63) is 0 Å². The van der Waals surface area contributed by atoms with Gasteiger partial charge in [-0.3, -0.25) is 4.79 Å². The predicted molar refractivity (Wildman–Crippen MR) is 59.0 cm³/mol. The van der Waals surface area contributed by atoms with Crippen molar-refractivity contribution in [3.63, 3.8) is 0 Å². The molecule has 1 rings (SSSR count). The summed E-state index contributed by atoms with van der Waals surface area (Å²) in [7, 11) is 0. The molecule has 1 saturated heterocycles. The standard InChI is InChI=1S/C11H21NO4/c1-3-4-15-9-5-8(2)16-11(13)10(12)7-14-6-9/h8-10H,3-7,12H2,1-2H3/t8-,9+,10-/m0/s1. The third-order valence-electron chi connectivity index (χ3n) is 2.37. The predicted octanol–water partition coefficient (Wildman–Crippen LogP) is 0.461. The Labute approximate surface area is 96.2 Å². The Hall–Kier alpha value is -0.650. The summed E-state index contributed by atoms with van der Waals surface area (Å²) in [6, 6.07) is -0.688. The zero-order valence-corrected chi connectivity index (χ0v) is 9.98. The molecule has 16 heavy (non-hydrogen) atoms. The average molecular weight is 231 g/mol.